The van der Waals surface area contributed by atoms with Gasteiger partial charge in [-0.25, -0.2) is 4.79 Å². The van der Waals surface area contributed by atoms with Crippen LogP contribution in [0.1, 0.15) is 15.9 Å². The van der Waals surface area contributed by atoms with Crippen LogP contribution in [0, 0.1) is 0 Å². The highest BCUT2D eigenvalue weighted by molar-refractivity contribution is 5.89. The van der Waals surface area contributed by atoms with E-state index in [2.05, 4.69) is 5.32 Å². The largest absolute Gasteiger partial charge is 0.478 e. The van der Waals surface area contributed by atoms with Gasteiger partial charge >= 0.3 is 5.97 Å². The van der Waals surface area contributed by atoms with Crippen LogP contribution < -0.4 is 5.32 Å². The molecule has 0 aliphatic rings. The number of carboxylic acid groups (broad SMARTS) is 1. The molecule has 0 radical (unpaired) electrons. The highest BCUT2D eigenvalue weighted by atomic mass is 16.5. The van der Waals surface area contributed by atoms with Crippen molar-refractivity contribution < 1.29 is 14.6 Å². The average molecular weight is 209 g/mol. The van der Waals surface area contributed by atoms with Crippen molar-refractivity contribution in [2.75, 3.05) is 20.3 Å². The zero-order valence-corrected chi connectivity index (χ0v) is 8.69. The molecule has 0 saturated carbocycles. The van der Waals surface area contributed by atoms with Gasteiger partial charge in [0.25, 0.3) is 0 Å². The predicted molar refractivity (Wildman–Crippen MR) is 57.0 cm³/mol. The molecule has 0 bridgehead atoms. The van der Waals surface area contributed by atoms with Crippen molar-refractivity contribution in [2.45, 2.75) is 6.54 Å². The zero-order chi connectivity index (χ0) is 11.1. The molecule has 0 amide bonds. The molecule has 0 heterocycles. The Morgan fingerprint density at radius 3 is 2.87 bits per heavy atom. The zero-order valence-electron chi connectivity index (χ0n) is 8.69. The van der Waals surface area contributed by atoms with Gasteiger partial charge in [-0.1, -0.05) is 18.2 Å². The molecule has 0 aliphatic carbocycles. The van der Waals surface area contributed by atoms with Gasteiger partial charge in [0.1, 0.15) is 0 Å². The number of methoxy groups -OCH3 is 1. The number of carboxylic acids is 1. The number of hydrogen-bond acceptors (Lipinski definition) is 3. The highest BCUT2D eigenvalue weighted by Gasteiger charge is 2.07. The van der Waals surface area contributed by atoms with Gasteiger partial charge in [-0.2, -0.15) is 0 Å². The Labute approximate surface area is 88.9 Å². The molecule has 4 nitrogen and oxygen atoms in total. The number of nitrogens with one attached hydrogen (secondary N) is 1. The molecule has 0 aliphatic heterocycles. The number of ether oxygens (including phenoxy) is 1. The van der Waals surface area contributed by atoms with Gasteiger partial charge in [0.15, 0.2) is 0 Å². The molecule has 0 atom stereocenters. The maximum absolute atomic E-state index is 10.9. The van der Waals surface area contributed by atoms with E-state index in [9.17, 15) is 4.79 Å². The van der Waals surface area contributed by atoms with E-state index in [1.807, 2.05) is 12.1 Å². The van der Waals surface area contributed by atoms with E-state index < -0.39 is 5.97 Å². The minimum atomic E-state index is -0.890. The number of aromatic carboxylic acids is 1. The maximum atomic E-state index is 10.9. The third kappa shape index (κ3) is 3.69. The van der Waals surface area contributed by atoms with Crippen LogP contribution in [0.25, 0.3) is 0 Å². The second-order valence-corrected chi connectivity index (χ2v) is 3.13. The van der Waals surface area contributed by atoms with E-state index >= 15 is 0 Å². The molecule has 0 aromatic heterocycles. The minimum Gasteiger partial charge on any atom is -0.478 e. The fourth-order valence-electron chi connectivity index (χ4n) is 1.28. The first kappa shape index (κ1) is 11.7. The van der Waals surface area contributed by atoms with Gasteiger partial charge < -0.3 is 15.2 Å². The molecule has 1 aromatic rings. The van der Waals surface area contributed by atoms with E-state index in [4.69, 9.17) is 9.84 Å². The van der Waals surface area contributed by atoms with Crippen molar-refractivity contribution in [1.29, 1.82) is 0 Å². The lowest BCUT2D eigenvalue weighted by atomic mass is 10.1. The number of benzene rings is 1. The summed E-state index contributed by atoms with van der Waals surface area (Å²) in [5, 5.41) is 12.0. The van der Waals surface area contributed by atoms with Crippen LogP contribution in [0.3, 0.4) is 0 Å². The molecular weight excluding hydrogens is 194 g/mol. The van der Waals surface area contributed by atoms with Crippen LogP contribution >= 0.6 is 0 Å². The fraction of sp³-hybridized carbons (Fsp3) is 0.364. The van der Waals surface area contributed by atoms with Crippen molar-refractivity contribution in [3.63, 3.8) is 0 Å². The third-order valence-corrected chi connectivity index (χ3v) is 2.05. The van der Waals surface area contributed by atoms with Crippen LogP contribution in [0.5, 0.6) is 0 Å². The molecule has 0 fully saturated rings. The normalized spacial score (nSPS) is 10.2. The third-order valence-electron chi connectivity index (χ3n) is 2.05. The van der Waals surface area contributed by atoms with Gasteiger partial charge in [-0.05, 0) is 11.6 Å². The molecule has 15 heavy (non-hydrogen) atoms. The lowest BCUT2D eigenvalue weighted by Crippen LogP contribution is -2.20. The summed E-state index contributed by atoms with van der Waals surface area (Å²) >= 11 is 0. The Kier molecular flexibility index (Phi) is 4.80. The van der Waals surface area contributed by atoms with E-state index in [-0.39, 0.29) is 0 Å². The number of hydrogen-bond donors (Lipinski definition) is 2. The first-order chi connectivity index (χ1) is 7.25. The SMILES string of the molecule is COCCNCc1ccccc1C(=O)O. The monoisotopic (exact) mass is 209 g/mol. The first-order valence-corrected chi connectivity index (χ1v) is 4.76. The summed E-state index contributed by atoms with van der Waals surface area (Å²) in [6.07, 6.45) is 0. The van der Waals surface area contributed by atoms with Gasteiger partial charge in [-0.15, -0.1) is 0 Å². The van der Waals surface area contributed by atoms with Gasteiger partial charge in [-0.3, -0.25) is 0 Å². The van der Waals surface area contributed by atoms with E-state index in [1.165, 1.54) is 0 Å². The van der Waals surface area contributed by atoms with Crippen molar-refractivity contribution in [3.05, 3.63) is 35.4 Å². The molecule has 1 rings (SSSR count). The summed E-state index contributed by atoms with van der Waals surface area (Å²) in [5.41, 5.74) is 1.14. The smallest absolute Gasteiger partial charge is 0.336 e. The summed E-state index contributed by atoms with van der Waals surface area (Å²) in [6, 6.07) is 6.97. The van der Waals surface area contributed by atoms with Crippen LogP contribution in [-0.2, 0) is 11.3 Å². The fourth-order valence-corrected chi connectivity index (χ4v) is 1.28. The molecule has 82 valence electrons. The summed E-state index contributed by atoms with van der Waals surface area (Å²) in [4.78, 5) is 10.9. The van der Waals surface area contributed by atoms with Gasteiger partial charge in [0, 0.05) is 20.2 Å². The predicted octanol–water partition coefficient (Wildman–Crippen LogP) is 1.12. The molecule has 0 saturated heterocycles. The van der Waals surface area contributed by atoms with Crippen molar-refractivity contribution in [2.24, 2.45) is 0 Å². The first-order valence-electron chi connectivity index (χ1n) is 4.76. The number of carbonyl (C=O) groups is 1. The van der Waals surface area contributed by atoms with Crippen molar-refractivity contribution >= 4 is 5.97 Å². The standard InChI is InChI=1S/C11H15NO3/c1-15-7-6-12-8-9-4-2-3-5-10(9)11(13)14/h2-5,12H,6-8H2,1H3,(H,13,14). The summed E-state index contributed by atoms with van der Waals surface area (Å²) in [7, 11) is 1.63. The average Bonchev–Trinajstić information content (AvgIpc) is 2.25. The lowest BCUT2D eigenvalue weighted by Gasteiger charge is -2.06. The Morgan fingerprint density at radius 1 is 1.47 bits per heavy atom. The Hall–Kier alpha value is -1.39. The summed E-state index contributed by atoms with van der Waals surface area (Å²) < 4.78 is 4.88. The second-order valence-electron chi connectivity index (χ2n) is 3.13. The molecule has 0 unspecified atom stereocenters. The summed E-state index contributed by atoms with van der Waals surface area (Å²) in [6.45, 7) is 1.88. The van der Waals surface area contributed by atoms with E-state index in [0.29, 0.717) is 25.3 Å². The second kappa shape index (κ2) is 6.16. The minimum absolute atomic E-state index is 0.349. The van der Waals surface area contributed by atoms with Crippen molar-refractivity contribution in [3.8, 4) is 0 Å². The Morgan fingerprint density at radius 2 is 2.20 bits per heavy atom. The topological polar surface area (TPSA) is 58.6 Å². The molecule has 2 N–H and O–H groups in total. The number of rotatable bonds is 6. The van der Waals surface area contributed by atoms with Crippen LogP contribution in [0.2, 0.25) is 0 Å². The van der Waals surface area contributed by atoms with E-state index in [1.54, 1.807) is 19.2 Å². The summed E-state index contributed by atoms with van der Waals surface area (Å²) in [5.74, 6) is -0.890. The Bertz CT molecular complexity index is 325. The van der Waals surface area contributed by atoms with Crippen LogP contribution in [0.15, 0.2) is 24.3 Å². The van der Waals surface area contributed by atoms with Gasteiger partial charge in [0.2, 0.25) is 0 Å². The molecule has 0 spiro atoms. The van der Waals surface area contributed by atoms with Crippen LogP contribution in [-0.4, -0.2) is 31.3 Å². The molecular formula is C11H15NO3. The quantitative estimate of drug-likeness (QED) is 0.689. The molecule has 4 heteroatoms. The lowest BCUT2D eigenvalue weighted by molar-refractivity contribution is 0.0695. The highest BCUT2D eigenvalue weighted by Crippen LogP contribution is 2.07. The van der Waals surface area contributed by atoms with Crippen molar-refractivity contribution in [1.82, 2.24) is 5.32 Å². The van der Waals surface area contributed by atoms with Crippen LogP contribution in [0.4, 0.5) is 0 Å². The maximum Gasteiger partial charge on any atom is 0.336 e. The molecule has 1 aromatic carbocycles. The van der Waals surface area contributed by atoms with Gasteiger partial charge in [0.05, 0.1) is 12.2 Å². The van der Waals surface area contributed by atoms with E-state index in [0.717, 1.165) is 5.56 Å². The Balaban J connectivity index is 2.56.